The van der Waals surface area contributed by atoms with Crippen molar-refractivity contribution in [2.24, 2.45) is 40.4 Å². The van der Waals surface area contributed by atoms with Gasteiger partial charge in [-0.15, -0.1) is 0 Å². The molecule has 57 heavy (non-hydrogen) atoms. The lowest BCUT2D eigenvalue weighted by Gasteiger charge is -2.61. The van der Waals surface area contributed by atoms with E-state index in [1.165, 1.54) is 99.3 Å². The molecule has 0 aromatic carbocycles. The number of hydrogen-bond acceptors (Lipinski definition) is 4. The maximum atomic E-state index is 9.76. The third-order valence-corrected chi connectivity index (χ3v) is 32.5. The summed E-state index contributed by atoms with van der Waals surface area (Å²) in [6.07, 6.45) is 20.3. The van der Waals surface area contributed by atoms with E-state index >= 15 is 0 Å². The summed E-state index contributed by atoms with van der Waals surface area (Å²) in [7, 11) is -5.41. The van der Waals surface area contributed by atoms with Crippen LogP contribution >= 0.6 is 0 Å². The van der Waals surface area contributed by atoms with Crippen LogP contribution in [0.5, 0.6) is 0 Å². The lowest BCUT2D eigenvalue weighted by atomic mass is 9.48. The molecule has 3 fully saturated rings. The van der Waals surface area contributed by atoms with Crippen LogP contribution in [0, 0.1) is 40.4 Å². The number of unbranched alkanes of at least 4 members (excludes halogenated alkanes) is 2. The normalized spacial score (nSPS) is 31.4. The average molecular weight is 846 g/mol. The number of fused-ring (bicyclic) bond motifs is 5. The van der Waals surface area contributed by atoms with Crippen molar-refractivity contribution in [2.45, 2.75) is 246 Å². The van der Waals surface area contributed by atoms with Gasteiger partial charge in [-0.05, 0) is 149 Å². The first kappa shape index (κ1) is 49.6. The summed E-state index contributed by atoms with van der Waals surface area (Å²) in [6.45, 7) is 34.7. The van der Waals surface area contributed by atoms with Crippen molar-refractivity contribution in [3.63, 3.8) is 0 Å². The molecular weight excluding hydrogens is 749 g/mol. The quantitative estimate of drug-likeness (QED) is 0.0735. The molecule has 4 aliphatic carbocycles. The van der Waals surface area contributed by atoms with Crippen LogP contribution in [0.4, 0.5) is 0 Å². The van der Waals surface area contributed by atoms with Gasteiger partial charge < -0.3 is 18.4 Å². The zero-order chi connectivity index (χ0) is 42.3. The van der Waals surface area contributed by atoms with Gasteiger partial charge in [0.15, 0.2) is 25.0 Å². The van der Waals surface area contributed by atoms with E-state index in [2.05, 4.69) is 109 Å². The van der Waals surface area contributed by atoms with Gasteiger partial charge in [-0.1, -0.05) is 132 Å². The third-order valence-electron chi connectivity index (χ3n) is 18.3. The molecule has 9 atom stereocenters. The molecule has 0 radical (unpaired) electrons. The fourth-order valence-electron chi connectivity index (χ4n) is 13.7. The van der Waals surface area contributed by atoms with E-state index in [9.17, 15) is 5.11 Å². The Morgan fingerprint density at radius 1 is 0.719 bits per heavy atom. The second-order valence-corrected chi connectivity index (χ2v) is 35.2. The molecule has 0 bridgehead atoms. The predicted molar refractivity (Wildman–Crippen MR) is 254 cm³/mol. The van der Waals surface area contributed by atoms with E-state index in [4.69, 9.17) is 13.3 Å². The van der Waals surface area contributed by atoms with Gasteiger partial charge in [0.1, 0.15) is 0 Å². The van der Waals surface area contributed by atoms with Crippen molar-refractivity contribution in [3.8, 4) is 0 Å². The van der Waals surface area contributed by atoms with Crippen molar-refractivity contribution in [3.05, 3.63) is 23.3 Å². The Morgan fingerprint density at radius 3 is 1.86 bits per heavy atom. The molecule has 4 rings (SSSR count). The van der Waals surface area contributed by atoms with Gasteiger partial charge in [0.2, 0.25) is 0 Å². The Balaban J connectivity index is 1.66. The molecule has 0 aromatic rings. The van der Waals surface area contributed by atoms with E-state index in [1.54, 1.807) is 11.1 Å². The average Bonchev–Trinajstić information content (AvgIpc) is 3.58. The van der Waals surface area contributed by atoms with Crippen molar-refractivity contribution in [1.82, 2.24) is 0 Å². The smallest absolute Gasteiger partial charge is 0.192 e. The van der Waals surface area contributed by atoms with Crippen LogP contribution in [0.2, 0.25) is 54.4 Å². The first-order valence-electron chi connectivity index (χ1n) is 25.1. The first-order chi connectivity index (χ1) is 27.1. The minimum absolute atomic E-state index is 0.0129. The highest BCUT2D eigenvalue weighted by molar-refractivity contribution is 6.74. The van der Waals surface area contributed by atoms with Crippen LogP contribution in [0.1, 0.15) is 174 Å². The van der Waals surface area contributed by atoms with Crippen LogP contribution in [-0.4, -0.2) is 54.5 Å². The van der Waals surface area contributed by atoms with Gasteiger partial charge in [-0.2, -0.15) is 0 Å². The zero-order valence-corrected chi connectivity index (χ0v) is 43.4. The highest BCUT2D eigenvalue weighted by Gasteiger charge is 2.62. The summed E-state index contributed by atoms with van der Waals surface area (Å²) in [5, 5.41) is 9.76. The fraction of sp³-hybridized carbons (Fsp3) is 0.920. The molecule has 3 saturated carbocycles. The van der Waals surface area contributed by atoms with Crippen molar-refractivity contribution in [1.29, 1.82) is 0 Å². The highest BCUT2D eigenvalue weighted by Crippen LogP contribution is 2.67. The van der Waals surface area contributed by atoms with E-state index in [1.807, 2.05) is 0 Å². The second-order valence-electron chi connectivity index (χ2n) is 21.1. The van der Waals surface area contributed by atoms with Crippen LogP contribution in [0.3, 0.4) is 0 Å². The van der Waals surface area contributed by atoms with Gasteiger partial charge in [-0.25, -0.2) is 0 Å². The standard InChI is InChI=1S/C50H96O4Si3/c1-15-55(16-2,17-3)52-46-38-40-30-31-41-44-33-32-43(39(10)28-27-35-48(11,12)54-57(21-7,22-8)23-9)49(44,13)36-34-45(41)50(40,14)47(42(46)29-25-24-26-37-51)53-56(18-4,19-5)20-6/h30-31,39,42-47,51H,15-29,32-38H2,1-14H3/t39-,42-,43-,44+,45+,46-,47+,49-,50+/m1/s1. The van der Waals surface area contributed by atoms with E-state index in [0.717, 1.165) is 43.9 Å². The van der Waals surface area contributed by atoms with Crippen LogP contribution in [0.15, 0.2) is 23.3 Å². The topological polar surface area (TPSA) is 47.9 Å². The van der Waals surface area contributed by atoms with Gasteiger partial charge in [-0.3, -0.25) is 0 Å². The Hall–Kier alpha value is -0.0294. The zero-order valence-electron chi connectivity index (χ0n) is 40.4. The fourth-order valence-corrected chi connectivity index (χ4v) is 22.8. The number of aliphatic hydroxyl groups is 1. The molecule has 1 N–H and O–H groups in total. The Morgan fingerprint density at radius 2 is 1.30 bits per heavy atom. The van der Waals surface area contributed by atoms with Gasteiger partial charge in [0.05, 0.1) is 17.8 Å². The van der Waals surface area contributed by atoms with Crippen LogP contribution in [0.25, 0.3) is 0 Å². The SMILES string of the molecule is CC[Si](CC)(CC)O[C@@H]1CC2=CC=C3[C@@H]4CC[C@H]([C@H](C)CCCC(C)(C)O[Si](CC)(CC)CC)[C@@]4(C)CC[C@@H]3[C@@]2(C)[C@@H](O[Si](CC)(CC)CC)[C@@H]1CCCCCO. The number of rotatable bonds is 25. The highest BCUT2D eigenvalue weighted by atomic mass is 28.4. The van der Waals surface area contributed by atoms with Crippen LogP contribution < -0.4 is 0 Å². The molecule has 0 saturated heterocycles. The van der Waals surface area contributed by atoms with Gasteiger partial charge in [0, 0.05) is 17.9 Å². The number of hydrogen-bond donors (Lipinski definition) is 1. The van der Waals surface area contributed by atoms with Crippen molar-refractivity contribution >= 4 is 25.0 Å². The van der Waals surface area contributed by atoms with Gasteiger partial charge >= 0.3 is 0 Å². The number of allylic oxidation sites excluding steroid dienone is 3. The van der Waals surface area contributed by atoms with E-state index in [-0.39, 0.29) is 23.2 Å². The lowest BCUT2D eigenvalue weighted by molar-refractivity contribution is -0.0883. The van der Waals surface area contributed by atoms with E-state index in [0.29, 0.717) is 29.8 Å². The van der Waals surface area contributed by atoms with E-state index < -0.39 is 25.0 Å². The molecule has 0 aliphatic heterocycles. The summed E-state index contributed by atoms with van der Waals surface area (Å²) in [5.74, 6) is 3.22. The van der Waals surface area contributed by atoms with Crippen LogP contribution in [-0.2, 0) is 13.3 Å². The second kappa shape index (κ2) is 20.9. The molecule has 0 aromatic heterocycles. The third kappa shape index (κ3) is 10.3. The minimum Gasteiger partial charge on any atom is -0.413 e. The Kier molecular flexibility index (Phi) is 18.2. The maximum Gasteiger partial charge on any atom is 0.192 e. The van der Waals surface area contributed by atoms with Crippen molar-refractivity contribution in [2.75, 3.05) is 6.61 Å². The Bertz CT molecular complexity index is 1280. The van der Waals surface area contributed by atoms with Gasteiger partial charge in [0.25, 0.3) is 0 Å². The predicted octanol–water partition coefficient (Wildman–Crippen LogP) is 15.3. The Labute approximate surface area is 358 Å². The molecule has 0 unspecified atom stereocenters. The molecule has 7 heteroatoms. The van der Waals surface area contributed by atoms with Crippen molar-refractivity contribution < 1.29 is 18.4 Å². The maximum absolute atomic E-state index is 9.76. The monoisotopic (exact) mass is 845 g/mol. The summed E-state index contributed by atoms with van der Waals surface area (Å²) in [4.78, 5) is 0. The minimum atomic E-state index is -1.95. The summed E-state index contributed by atoms with van der Waals surface area (Å²) in [6, 6.07) is 10.9. The summed E-state index contributed by atoms with van der Waals surface area (Å²) >= 11 is 0. The number of aliphatic hydroxyl groups excluding tert-OH is 1. The molecule has 0 amide bonds. The molecule has 0 heterocycles. The molecule has 4 aliphatic rings. The largest absolute Gasteiger partial charge is 0.413 e. The lowest BCUT2D eigenvalue weighted by Crippen LogP contribution is -2.61. The molecule has 0 spiro atoms. The first-order valence-corrected chi connectivity index (χ1v) is 32.7. The summed E-state index contributed by atoms with van der Waals surface area (Å²) < 4.78 is 22.7. The summed E-state index contributed by atoms with van der Waals surface area (Å²) in [5.41, 5.74) is 3.83. The molecule has 4 nitrogen and oxygen atoms in total. The molecular formula is C50H96O4Si3. The molecule has 332 valence electrons.